The predicted octanol–water partition coefficient (Wildman–Crippen LogP) is 4.00. The van der Waals surface area contributed by atoms with Gasteiger partial charge in [0.2, 0.25) is 5.91 Å². The largest absolute Gasteiger partial charge is 0.462 e. The fourth-order valence-electron chi connectivity index (χ4n) is 2.71. The Hall–Kier alpha value is -3.78. The molecule has 1 aromatic heterocycles. The van der Waals surface area contributed by atoms with Crippen molar-refractivity contribution >= 4 is 40.3 Å². The van der Waals surface area contributed by atoms with Gasteiger partial charge in [-0.1, -0.05) is 53.8 Å². The zero-order chi connectivity index (χ0) is 22.2. The second-order valence-corrected chi connectivity index (χ2v) is 7.31. The third kappa shape index (κ3) is 5.64. The Balaban J connectivity index is 1.75. The van der Waals surface area contributed by atoms with Gasteiger partial charge in [-0.3, -0.25) is 14.9 Å². The van der Waals surface area contributed by atoms with E-state index in [0.29, 0.717) is 21.3 Å². The van der Waals surface area contributed by atoms with Crippen molar-refractivity contribution in [3.8, 4) is 11.3 Å². The second-order valence-electron chi connectivity index (χ2n) is 6.31. The van der Waals surface area contributed by atoms with Crippen LogP contribution in [0.15, 0.2) is 60.7 Å². The molecule has 0 aliphatic carbocycles. The van der Waals surface area contributed by atoms with Crippen LogP contribution < -0.4 is 10.6 Å². The lowest BCUT2D eigenvalue weighted by atomic mass is 10.1. The van der Waals surface area contributed by atoms with Crippen LogP contribution in [0.4, 0.5) is 5.13 Å². The van der Waals surface area contributed by atoms with Crippen molar-refractivity contribution in [2.45, 2.75) is 6.92 Å². The van der Waals surface area contributed by atoms with Crippen molar-refractivity contribution < 1.29 is 19.1 Å². The molecule has 2 aromatic carbocycles. The fourth-order valence-corrected chi connectivity index (χ4v) is 3.59. The zero-order valence-electron chi connectivity index (χ0n) is 17.0. The Kier molecular flexibility index (Phi) is 7.29. The Labute approximate surface area is 183 Å². The lowest BCUT2D eigenvalue weighted by Crippen LogP contribution is -2.17. The van der Waals surface area contributed by atoms with E-state index in [4.69, 9.17) is 4.74 Å². The highest BCUT2D eigenvalue weighted by atomic mass is 32.1. The maximum Gasteiger partial charge on any atom is 0.350 e. The molecule has 2 N–H and O–H groups in total. The SMILES string of the molecule is CCOC(=O)c1sc(NC(=O)C=Cc2ccc(C(=O)NC)cc2)nc1-c1ccccc1. The van der Waals surface area contributed by atoms with E-state index in [1.54, 1.807) is 44.3 Å². The van der Waals surface area contributed by atoms with Crippen molar-refractivity contribution in [2.24, 2.45) is 0 Å². The van der Waals surface area contributed by atoms with E-state index in [1.807, 2.05) is 30.3 Å². The van der Waals surface area contributed by atoms with E-state index in [0.717, 1.165) is 22.5 Å². The van der Waals surface area contributed by atoms with Crippen LogP contribution in [0, 0.1) is 0 Å². The molecule has 158 valence electrons. The molecule has 7 nitrogen and oxygen atoms in total. The molecule has 2 amide bonds. The number of ether oxygens (including phenoxy) is 1. The highest BCUT2D eigenvalue weighted by Crippen LogP contribution is 2.31. The summed E-state index contributed by atoms with van der Waals surface area (Å²) >= 11 is 1.06. The third-order valence-electron chi connectivity index (χ3n) is 4.19. The summed E-state index contributed by atoms with van der Waals surface area (Å²) in [5.41, 5.74) is 2.52. The summed E-state index contributed by atoms with van der Waals surface area (Å²) in [5.74, 6) is -1.05. The average molecular weight is 436 g/mol. The number of thiazole rings is 1. The summed E-state index contributed by atoms with van der Waals surface area (Å²) < 4.78 is 5.12. The van der Waals surface area contributed by atoms with E-state index in [2.05, 4.69) is 15.6 Å². The number of hydrogen-bond acceptors (Lipinski definition) is 6. The molecule has 3 aromatic rings. The van der Waals surface area contributed by atoms with Gasteiger partial charge in [-0.05, 0) is 30.7 Å². The van der Waals surface area contributed by atoms with E-state index in [1.165, 1.54) is 6.08 Å². The van der Waals surface area contributed by atoms with Crippen molar-refractivity contribution in [1.82, 2.24) is 10.3 Å². The van der Waals surface area contributed by atoms with Crippen LogP contribution in [0.2, 0.25) is 0 Å². The lowest BCUT2D eigenvalue weighted by molar-refractivity contribution is -0.111. The standard InChI is InChI=1S/C23H21N3O4S/c1-3-30-22(29)20-19(16-7-5-4-6-8-16)26-23(31-20)25-18(27)14-11-15-9-12-17(13-10-15)21(28)24-2/h4-14H,3H2,1-2H3,(H,24,28)(H,25,26,27). The number of nitrogens with one attached hydrogen (secondary N) is 2. The van der Waals surface area contributed by atoms with Crippen LogP contribution in [0.1, 0.15) is 32.5 Å². The van der Waals surface area contributed by atoms with E-state index < -0.39 is 5.97 Å². The Morgan fingerprint density at radius 3 is 2.42 bits per heavy atom. The van der Waals surface area contributed by atoms with Crippen molar-refractivity contribution in [3.63, 3.8) is 0 Å². The zero-order valence-corrected chi connectivity index (χ0v) is 17.9. The molecule has 1 heterocycles. The highest BCUT2D eigenvalue weighted by molar-refractivity contribution is 7.18. The summed E-state index contributed by atoms with van der Waals surface area (Å²) in [6, 6.07) is 16.1. The predicted molar refractivity (Wildman–Crippen MR) is 121 cm³/mol. The van der Waals surface area contributed by atoms with Gasteiger partial charge in [0.1, 0.15) is 4.88 Å². The lowest BCUT2D eigenvalue weighted by Gasteiger charge is -2.01. The van der Waals surface area contributed by atoms with Gasteiger partial charge in [0.05, 0.1) is 12.3 Å². The quantitative estimate of drug-likeness (QED) is 0.432. The molecule has 0 unspecified atom stereocenters. The van der Waals surface area contributed by atoms with Gasteiger partial charge in [0, 0.05) is 24.3 Å². The number of benzene rings is 2. The van der Waals surface area contributed by atoms with Gasteiger partial charge in [-0.2, -0.15) is 0 Å². The fraction of sp³-hybridized carbons (Fsp3) is 0.130. The molecule has 0 saturated carbocycles. The highest BCUT2D eigenvalue weighted by Gasteiger charge is 2.21. The van der Waals surface area contributed by atoms with Crippen LogP contribution in [0.25, 0.3) is 17.3 Å². The molecule has 3 rings (SSSR count). The number of esters is 1. The molecule has 0 bridgehead atoms. The minimum atomic E-state index is -0.480. The summed E-state index contributed by atoms with van der Waals surface area (Å²) in [4.78, 5) is 41.0. The number of aromatic nitrogens is 1. The molecule has 0 spiro atoms. The number of rotatable bonds is 7. The van der Waals surface area contributed by atoms with Gasteiger partial charge in [0.25, 0.3) is 5.91 Å². The third-order valence-corrected chi connectivity index (χ3v) is 5.14. The Bertz CT molecular complexity index is 1110. The summed E-state index contributed by atoms with van der Waals surface area (Å²) in [7, 11) is 1.57. The van der Waals surface area contributed by atoms with Crippen LogP contribution >= 0.6 is 11.3 Å². The number of amides is 2. The van der Waals surface area contributed by atoms with Crippen molar-refractivity contribution in [3.05, 3.63) is 76.7 Å². The molecule has 0 atom stereocenters. The molecule has 31 heavy (non-hydrogen) atoms. The summed E-state index contributed by atoms with van der Waals surface area (Å²) in [5, 5.41) is 5.54. The Morgan fingerprint density at radius 2 is 1.77 bits per heavy atom. The number of anilines is 1. The van der Waals surface area contributed by atoms with Gasteiger partial charge in [-0.25, -0.2) is 9.78 Å². The van der Waals surface area contributed by atoms with Gasteiger partial charge in [-0.15, -0.1) is 0 Å². The first-order valence-corrected chi connectivity index (χ1v) is 10.4. The average Bonchev–Trinajstić information content (AvgIpc) is 3.22. The maximum absolute atomic E-state index is 12.3. The maximum atomic E-state index is 12.3. The monoisotopic (exact) mass is 435 g/mol. The summed E-state index contributed by atoms with van der Waals surface area (Å²) in [6.45, 7) is 1.98. The normalized spacial score (nSPS) is 10.6. The smallest absolute Gasteiger partial charge is 0.350 e. The molecular weight excluding hydrogens is 414 g/mol. The molecule has 0 radical (unpaired) electrons. The van der Waals surface area contributed by atoms with Crippen LogP contribution in [-0.4, -0.2) is 36.4 Å². The van der Waals surface area contributed by atoms with Crippen molar-refractivity contribution in [1.29, 1.82) is 0 Å². The van der Waals surface area contributed by atoms with Crippen LogP contribution in [0.5, 0.6) is 0 Å². The number of carbonyl (C=O) groups is 3. The first kappa shape index (κ1) is 21.9. The Morgan fingerprint density at radius 1 is 1.06 bits per heavy atom. The van der Waals surface area contributed by atoms with Gasteiger partial charge >= 0.3 is 5.97 Å². The molecule has 0 fully saturated rings. The topological polar surface area (TPSA) is 97.4 Å². The number of carbonyl (C=O) groups excluding carboxylic acids is 3. The van der Waals surface area contributed by atoms with Gasteiger partial charge in [0.15, 0.2) is 5.13 Å². The van der Waals surface area contributed by atoms with Crippen LogP contribution in [0.3, 0.4) is 0 Å². The molecule has 0 aliphatic heterocycles. The van der Waals surface area contributed by atoms with Crippen molar-refractivity contribution in [2.75, 3.05) is 19.0 Å². The van der Waals surface area contributed by atoms with E-state index in [9.17, 15) is 14.4 Å². The first-order valence-electron chi connectivity index (χ1n) is 9.56. The molecule has 0 saturated heterocycles. The number of hydrogen-bond donors (Lipinski definition) is 2. The van der Waals surface area contributed by atoms with E-state index in [-0.39, 0.29) is 18.4 Å². The van der Waals surface area contributed by atoms with Gasteiger partial charge < -0.3 is 10.1 Å². The second kappa shape index (κ2) is 10.3. The molecule has 8 heteroatoms. The number of nitrogens with zero attached hydrogens (tertiary/aromatic N) is 1. The molecular formula is C23H21N3O4S. The molecule has 0 aliphatic rings. The van der Waals surface area contributed by atoms with E-state index >= 15 is 0 Å². The minimum Gasteiger partial charge on any atom is -0.462 e. The minimum absolute atomic E-state index is 0.177. The van der Waals surface area contributed by atoms with Crippen LogP contribution in [-0.2, 0) is 9.53 Å². The summed E-state index contributed by atoms with van der Waals surface area (Å²) in [6.07, 6.45) is 2.99. The first-order chi connectivity index (χ1) is 15.0.